The predicted molar refractivity (Wildman–Crippen MR) is 81.7 cm³/mol. The number of hydrogen-bond donors (Lipinski definition) is 1. The molecule has 0 aromatic heterocycles. The van der Waals surface area contributed by atoms with Gasteiger partial charge < -0.3 is 10.5 Å². The monoisotopic (exact) mass is 286 g/mol. The fourth-order valence-corrected chi connectivity index (χ4v) is 2.20. The summed E-state index contributed by atoms with van der Waals surface area (Å²) in [5.74, 6) is 1.09. The Hall–Kier alpha value is -2.40. The number of hydrogen-bond acceptors (Lipinski definition) is 4. The van der Waals surface area contributed by atoms with Crippen molar-refractivity contribution in [1.82, 2.24) is 0 Å². The molecule has 5 nitrogen and oxygen atoms in total. The minimum absolute atomic E-state index is 0.0499. The number of nitro groups is 1. The Morgan fingerprint density at radius 1 is 1.14 bits per heavy atom. The first-order chi connectivity index (χ1) is 9.90. The number of nitro benzene ring substituents is 1. The van der Waals surface area contributed by atoms with Crippen molar-refractivity contribution in [3.8, 4) is 11.5 Å². The molecule has 0 amide bonds. The molecule has 0 radical (unpaired) electrons. The van der Waals surface area contributed by atoms with Crippen LogP contribution in [0.1, 0.15) is 29.7 Å². The van der Waals surface area contributed by atoms with Crippen LogP contribution in [-0.2, 0) is 0 Å². The Morgan fingerprint density at radius 2 is 1.81 bits per heavy atom. The summed E-state index contributed by atoms with van der Waals surface area (Å²) >= 11 is 0. The summed E-state index contributed by atoms with van der Waals surface area (Å²) in [6.07, 6.45) is 0. The van der Waals surface area contributed by atoms with Gasteiger partial charge in [0.25, 0.3) is 5.69 Å². The lowest BCUT2D eigenvalue weighted by atomic mass is 10.1. The van der Waals surface area contributed by atoms with Crippen LogP contribution in [0.2, 0.25) is 0 Å². The molecule has 0 bridgehead atoms. The molecule has 0 spiro atoms. The van der Waals surface area contributed by atoms with Crippen molar-refractivity contribution in [2.75, 3.05) is 0 Å². The predicted octanol–water partition coefficient (Wildman–Crippen LogP) is 4.02. The van der Waals surface area contributed by atoms with Gasteiger partial charge >= 0.3 is 0 Å². The summed E-state index contributed by atoms with van der Waals surface area (Å²) in [6.45, 7) is 5.44. The average Bonchev–Trinajstić information content (AvgIpc) is 2.41. The van der Waals surface area contributed by atoms with E-state index >= 15 is 0 Å². The Kier molecular flexibility index (Phi) is 4.23. The fourth-order valence-electron chi connectivity index (χ4n) is 2.20. The van der Waals surface area contributed by atoms with Gasteiger partial charge in [-0.15, -0.1) is 0 Å². The molecule has 1 atom stereocenters. The van der Waals surface area contributed by atoms with Crippen molar-refractivity contribution in [1.29, 1.82) is 0 Å². The van der Waals surface area contributed by atoms with E-state index in [1.54, 1.807) is 13.0 Å². The normalized spacial score (nSPS) is 12.0. The number of aryl methyl sites for hydroxylation is 2. The van der Waals surface area contributed by atoms with Crippen LogP contribution in [0.25, 0.3) is 0 Å². The van der Waals surface area contributed by atoms with E-state index in [0.717, 1.165) is 11.1 Å². The van der Waals surface area contributed by atoms with E-state index in [-0.39, 0.29) is 11.7 Å². The third-order valence-electron chi connectivity index (χ3n) is 3.32. The zero-order valence-electron chi connectivity index (χ0n) is 12.3. The summed E-state index contributed by atoms with van der Waals surface area (Å²) in [4.78, 5) is 10.6. The first-order valence-electron chi connectivity index (χ1n) is 6.68. The maximum absolute atomic E-state index is 11.0. The second-order valence-electron chi connectivity index (χ2n) is 5.09. The van der Waals surface area contributed by atoms with Gasteiger partial charge in [0.1, 0.15) is 11.5 Å². The van der Waals surface area contributed by atoms with Crippen molar-refractivity contribution in [2.45, 2.75) is 26.8 Å². The molecule has 0 saturated carbocycles. The Morgan fingerprint density at radius 3 is 2.43 bits per heavy atom. The topological polar surface area (TPSA) is 78.4 Å². The van der Waals surface area contributed by atoms with Crippen LogP contribution in [0, 0.1) is 24.0 Å². The van der Waals surface area contributed by atoms with E-state index in [0.29, 0.717) is 17.1 Å². The standard InChI is InChI=1S/C16H18N2O3/c1-10-8-11(2)16(9-14(10)18(19)20)21-15-7-5-4-6-13(15)12(3)17/h4-9,12H,17H2,1-3H3/t12-/m1/s1. The second-order valence-corrected chi connectivity index (χ2v) is 5.09. The highest BCUT2D eigenvalue weighted by atomic mass is 16.6. The number of nitrogens with two attached hydrogens (primary N) is 1. The molecule has 0 heterocycles. The summed E-state index contributed by atoms with van der Waals surface area (Å²) in [6, 6.07) is 10.5. The molecule has 0 aliphatic rings. The van der Waals surface area contributed by atoms with Gasteiger partial charge in [0.15, 0.2) is 0 Å². The largest absolute Gasteiger partial charge is 0.456 e. The second kappa shape index (κ2) is 5.93. The average molecular weight is 286 g/mol. The molecule has 5 heteroatoms. The summed E-state index contributed by atoms with van der Waals surface area (Å²) in [5, 5.41) is 11.0. The first kappa shape index (κ1) is 15.0. The van der Waals surface area contributed by atoms with E-state index < -0.39 is 4.92 Å². The molecular formula is C16H18N2O3. The van der Waals surface area contributed by atoms with Crippen LogP contribution >= 0.6 is 0 Å². The highest BCUT2D eigenvalue weighted by Gasteiger charge is 2.16. The van der Waals surface area contributed by atoms with Crippen molar-refractivity contribution in [3.05, 3.63) is 63.2 Å². The lowest BCUT2D eigenvalue weighted by Gasteiger charge is -2.15. The van der Waals surface area contributed by atoms with Crippen molar-refractivity contribution in [3.63, 3.8) is 0 Å². The SMILES string of the molecule is Cc1cc(C)c([N+](=O)[O-])cc1Oc1ccccc1[C@@H](C)N. The number of ether oxygens (including phenoxy) is 1. The molecule has 21 heavy (non-hydrogen) atoms. The third kappa shape index (κ3) is 3.20. The van der Waals surface area contributed by atoms with Crippen LogP contribution in [0.5, 0.6) is 11.5 Å². The van der Waals surface area contributed by atoms with E-state index in [4.69, 9.17) is 10.5 Å². The number of nitrogens with zero attached hydrogens (tertiary/aromatic N) is 1. The Balaban J connectivity index is 2.45. The van der Waals surface area contributed by atoms with E-state index in [1.807, 2.05) is 38.1 Å². The lowest BCUT2D eigenvalue weighted by molar-refractivity contribution is -0.385. The molecule has 0 unspecified atom stereocenters. The fraction of sp³-hybridized carbons (Fsp3) is 0.250. The molecule has 2 N–H and O–H groups in total. The maximum Gasteiger partial charge on any atom is 0.276 e. The van der Waals surface area contributed by atoms with Crippen LogP contribution in [0.15, 0.2) is 36.4 Å². The highest BCUT2D eigenvalue weighted by Crippen LogP contribution is 2.34. The molecule has 110 valence electrons. The Bertz CT molecular complexity index is 681. The van der Waals surface area contributed by atoms with Crippen LogP contribution in [0.4, 0.5) is 5.69 Å². The molecular weight excluding hydrogens is 268 g/mol. The Labute approximate surface area is 123 Å². The summed E-state index contributed by atoms with van der Waals surface area (Å²) in [5.41, 5.74) is 8.29. The molecule has 2 aromatic rings. The van der Waals surface area contributed by atoms with E-state index in [9.17, 15) is 10.1 Å². The van der Waals surface area contributed by atoms with Gasteiger partial charge in [-0.25, -0.2) is 0 Å². The van der Waals surface area contributed by atoms with Gasteiger partial charge in [-0.05, 0) is 38.5 Å². The van der Waals surface area contributed by atoms with Gasteiger partial charge in [0.05, 0.1) is 11.0 Å². The highest BCUT2D eigenvalue weighted by molar-refractivity contribution is 5.51. The van der Waals surface area contributed by atoms with Gasteiger partial charge in [-0.1, -0.05) is 18.2 Å². The summed E-state index contributed by atoms with van der Waals surface area (Å²) < 4.78 is 5.86. The molecule has 2 rings (SSSR count). The zero-order valence-corrected chi connectivity index (χ0v) is 12.3. The minimum atomic E-state index is -0.404. The minimum Gasteiger partial charge on any atom is -0.456 e. The van der Waals surface area contributed by atoms with Gasteiger partial charge in [0, 0.05) is 17.2 Å². The molecule has 0 aliphatic carbocycles. The zero-order chi connectivity index (χ0) is 15.6. The number of benzene rings is 2. The number of rotatable bonds is 4. The van der Waals surface area contributed by atoms with Gasteiger partial charge in [-0.2, -0.15) is 0 Å². The van der Waals surface area contributed by atoms with Crippen molar-refractivity contribution < 1.29 is 9.66 Å². The van der Waals surface area contributed by atoms with Crippen LogP contribution in [-0.4, -0.2) is 4.92 Å². The smallest absolute Gasteiger partial charge is 0.276 e. The van der Waals surface area contributed by atoms with E-state index in [2.05, 4.69) is 0 Å². The van der Waals surface area contributed by atoms with Crippen LogP contribution in [0.3, 0.4) is 0 Å². The maximum atomic E-state index is 11.0. The first-order valence-corrected chi connectivity index (χ1v) is 6.68. The molecule has 0 aliphatic heterocycles. The van der Waals surface area contributed by atoms with E-state index in [1.165, 1.54) is 6.07 Å². The molecule has 2 aromatic carbocycles. The van der Waals surface area contributed by atoms with Gasteiger partial charge in [-0.3, -0.25) is 10.1 Å². The van der Waals surface area contributed by atoms with Crippen molar-refractivity contribution >= 4 is 5.69 Å². The molecule has 0 saturated heterocycles. The lowest BCUT2D eigenvalue weighted by Crippen LogP contribution is -2.06. The molecule has 0 fully saturated rings. The third-order valence-corrected chi connectivity index (χ3v) is 3.32. The quantitative estimate of drug-likeness (QED) is 0.680. The van der Waals surface area contributed by atoms with Crippen molar-refractivity contribution in [2.24, 2.45) is 5.73 Å². The number of para-hydroxylation sites is 1. The van der Waals surface area contributed by atoms with Crippen LogP contribution < -0.4 is 10.5 Å². The summed E-state index contributed by atoms with van der Waals surface area (Å²) in [7, 11) is 0. The van der Waals surface area contributed by atoms with Gasteiger partial charge in [0.2, 0.25) is 0 Å².